The Morgan fingerprint density at radius 3 is 3.06 bits per heavy atom. The Balaban J connectivity index is 2.02. The summed E-state index contributed by atoms with van der Waals surface area (Å²) in [5.41, 5.74) is -0.237. The molecule has 0 amide bonds. The van der Waals surface area contributed by atoms with E-state index in [1.807, 2.05) is 0 Å². The summed E-state index contributed by atoms with van der Waals surface area (Å²) < 4.78 is 0. The summed E-state index contributed by atoms with van der Waals surface area (Å²) in [6.45, 7) is 0.328. The average Bonchev–Trinajstić information content (AvgIpc) is 2.75. The fourth-order valence-electron chi connectivity index (χ4n) is 1.12. The van der Waals surface area contributed by atoms with Gasteiger partial charge >= 0.3 is 5.97 Å². The molecule has 2 rings (SSSR count). The molecule has 0 atom stereocenters. The van der Waals surface area contributed by atoms with Crippen LogP contribution in [0.25, 0.3) is 0 Å². The van der Waals surface area contributed by atoms with Gasteiger partial charge in [-0.1, -0.05) is 0 Å². The summed E-state index contributed by atoms with van der Waals surface area (Å²) >= 11 is 1.23. The average molecular weight is 252 g/mol. The molecule has 88 valence electrons. The van der Waals surface area contributed by atoms with Crippen molar-refractivity contribution >= 4 is 23.1 Å². The topological polar surface area (TPSA) is 108 Å². The zero-order chi connectivity index (χ0) is 12.3. The van der Waals surface area contributed by atoms with E-state index in [2.05, 4.69) is 20.3 Å². The molecule has 0 aliphatic heterocycles. The van der Waals surface area contributed by atoms with Gasteiger partial charge in [0.1, 0.15) is 10.8 Å². The van der Waals surface area contributed by atoms with Gasteiger partial charge in [0.2, 0.25) is 0 Å². The Kier molecular flexibility index (Phi) is 3.15. The predicted octanol–water partition coefficient (Wildman–Crippen LogP) is 0.537. The van der Waals surface area contributed by atoms with E-state index >= 15 is 0 Å². The van der Waals surface area contributed by atoms with Crippen LogP contribution in [-0.4, -0.2) is 26.0 Å². The molecule has 0 fully saturated rings. The van der Waals surface area contributed by atoms with Gasteiger partial charge in [0.05, 0.1) is 12.9 Å². The van der Waals surface area contributed by atoms with Crippen LogP contribution in [0.15, 0.2) is 22.6 Å². The third-order valence-corrected chi connectivity index (χ3v) is 2.72. The lowest BCUT2D eigenvalue weighted by atomic mass is 10.5. The van der Waals surface area contributed by atoms with E-state index < -0.39 is 5.97 Å². The van der Waals surface area contributed by atoms with Crippen molar-refractivity contribution in [3.63, 3.8) is 0 Å². The molecule has 3 N–H and O–H groups in total. The fraction of sp³-hybridized carbons (Fsp3) is 0.111. The van der Waals surface area contributed by atoms with Crippen molar-refractivity contribution in [1.29, 1.82) is 0 Å². The first-order valence-electron chi connectivity index (χ1n) is 4.61. The molecule has 7 nitrogen and oxygen atoms in total. The Morgan fingerprint density at radius 2 is 2.41 bits per heavy atom. The maximum absolute atomic E-state index is 11.0. The highest BCUT2D eigenvalue weighted by Crippen LogP contribution is 2.11. The first-order valence-corrected chi connectivity index (χ1v) is 5.49. The first-order chi connectivity index (χ1) is 8.15. The van der Waals surface area contributed by atoms with Crippen LogP contribution in [0.5, 0.6) is 0 Å². The monoisotopic (exact) mass is 252 g/mol. The molecule has 0 aliphatic rings. The van der Waals surface area contributed by atoms with E-state index in [0.717, 1.165) is 0 Å². The molecule has 0 saturated heterocycles. The molecule has 2 aromatic heterocycles. The van der Waals surface area contributed by atoms with Gasteiger partial charge in [-0.25, -0.2) is 14.8 Å². The minimum absolute atomic E-state index is 0.0191. The number of hydrogen-bond donors (Lipinski definition) is 3. The highest BCUT2D eigenvalue weighted by atomic mass is 32.1. The van der Waals surface area contributed by atoms with E-state index in [4.69, 9.17) is 5.11 Å². The van der Waals surface area contributed by atoms with Crippen molar-refractivity contribution in [1.82, 2.24) is 15.0 Å². The molecule has 0 aliphatic carbocycles. The Bertz CT molecular complexity index is 592. The SMILES string of the molecule is O=C(O)c1csc(CNc2cc(=O)[nH]cn2)n1. The summed E-state index contributed by atoms with van der Waals surface area (Å²) in [5, 5.41) is 13.6. The van der Waals surface area contributed by atoms with Gasteiger partial charge in [0.25, 0.3) is 5.56 Å². The first kappa shape index (κ1) is 11.3. The number of carboxylic acid groups (broad SMARTS) is 1. The summed E-state index contributed by atoms with van der Waals surface area (Å²) in [4.78, 5) is 31.7. The van der Waals surface area contributed by atoms with Crippen LogP contribution in [0.1, 0.15) is 15.5 Å². The number of carboxylic acids is 1. The second kappa shape index (κ2) is 4.74. The van der Waals surface area contributed by atoms with E-state index in [9.17, 15) is 9.59 Å². The van der Waals surface area contributed by atoms with E-state index in [0.29, 0.717) is 17.4 Å². The third-order valence-electron chi connectivity index (χ3n) is 1.87. The third kappa shape index (κ3) is 2.88. The van der Waals surface area contributed by atoms with Crippen LogP contribution in [0.4, 0.5) is 5.82 Å². The largest absolute Gasteiger partial charge is 0.476 e. The summed E-state index contributed by atoms with van der Waals surface area (Å²) in [6.07, 6.45) is 1.29. The number of carbonyl (C=O) groups is 1. The van der Waals surface area contributed by atoms with Crippen molar-refractivity contribution in [2.45, 2.75) is 6.54 Å². The lowest BCUT2D eigenvalue weighted by Crippen LogP contribution is -2.09. The number of rotatable bonds is 4. The van der Waals surface area contributed by atoms with Gasteiger partial charge in [-0.3, -0.25) is 4.79 Å². The summed E-state index contributed by atoms with van der Waals surface area (Å²) in [6, 6.07) is 1.31. The van der Waals surface area contributed by atoms with Gasteiger partial charge in [-0.2, -0.15) is 0 Å². The number of nitrogens with zero attached hydrogens (tertiary/aromatic N) is 2. The number of aromatic amines is 1. The minimum atomic E-state index is -1.05. The predicted molar refractivity (Wildman–Crippen MR) is 61.3 cm³/mol. The van der Waals surface area contributed by atoms with Crippen molar-refractivity contribution in [3.05, 3.63) is 38.8 Å². The summed E-state index contributed by atoms with van der Waals surface area (Å²) in [7, 11) is 0. The molecular formula is C9H8N4O3S. The zero-order valence-electron chi connectivity index (χ0n) is 8.51. The molecule has 0 aromatic carbocycles. The van der Waals surface area contributed by atoms with Gasteiger partial charge in [-0.15, -0.1) is 11.3 Å². The minimum Gasteiger partial charge on any atom is -0.476 e. The van der Waals surface area contributed by atoms with Crippen LogP contribution in [0, 0.1) is 0 Å². The Hall–Kier alpha value is -2.22. The van der Waals surface area contributed by atoms with Crippen LogP contribution in [-0.2, 0) is 6.54 Å². The lowest BCUT2D eigenvalue weighted by molar-refractivity contribution is 0.0691. The van der Waals surface area contributed by atoms with Crippen LogP contribution in [0.3, 0.4) is 0 Å². The van der Waals surface area contributed by atoms with Gasteiger partial charge in [-0.05, 0) is 0 Å². The number of nitrogens with one attached hydrogen (secondary N) is 2. The number of H-pyrrole nitrogens is 1. The standard InChI is InChI=1S/C9H8N4O3S/c14-7-1-6(11-4-12-7)10-2-8-13-5(3-17-8)9(15)16/h1,3-4H,2H2,(H,15,16)(H2,10,11,12,14). The van der Waals surface area contributed by atoms with Gasteiger partial charge < -0.3 is 15.4 Å². The Morgan fingerprint density at radius 1 is 1.59 bits per heavy atom. The zero-order valence-corrected chi connectivity index (χ0v) is 9.32. The van der Waals surface area contributed by atoms with E-state index in [1.54, 1.807) is 0 Å². The number of aromatic nitrogens is 3. The molecule has 8 heteroatoms. The maximum Gasteiger partial charge on any atom is 0.355 e. The highest BCUT2D eigenvalue weighted by molar-refractivity contribution is 7.09. The molecule has 0 saturated carbocycles. The quantitative estimate of drug-likeness (QED) is 0.732. The van der Waals surface area contributed by atoms with Crippen LogP contribution in [0.2, 0.25) is 0 Å². The number of thiazole rings is 1. The number of hydrogen-bond acceptors (Lipinski definition) is 6. The van der Waals surface area contributed by atoms with Gasteiger partial charge in [0.15, 0.2) is 5.69 Å². The number of anilines is 1. The molecule has 0 unspecified atom stereocenters. The van der Waals surface area contributed by atoms with Crippen molar-refractivity contribution in [2.24, 2.45) is 0 Å². The van der Waals surface area contributed by atoms with Gasteiger partial charge in [0, 0.05) is 11.4 Å². The van der Waals surface area contributed by atoms with E-state index in [-0.39, 0.29) is 11.3 Å². The van der Waals surface area contributed by atoms with Crippen molar-refractivity contribution in [2.75, 3.05) is 5.32 Å². The highest BCUT2D eigenvalue weighted by Gasteiger charge is 2.08. The smallest absolute Gasteiger partial charge is 0.355 e. The molecule has 0 bridgehead atoms. The second-order valence-electron chi connectivity index (χ2n) is 3.08. The van der Waals surface area contributed by atoms with Crippen molar-refractivity contribution in [3.8, 4) is 0 Å². The van der Waals surface area contributed by atoms with Crippen LogP contribution >= 0.6 is 11.3 Å². The van der Waals surface area contributed by atoms with Crippen molar-refractivity contribution < 1.29 is 9.90 Å². The Labute approximate surface area is 99.2 Å². The molecule has 17 heavy (non-hydrogen) atoms. The normalized spacial score (nSPS) is 10.1. The second-order valence-corrected chi connectivity index (χ2v) is 4.02. The molecule has 0 radical (unpaired) electrons. The molecule has 2 heterocycles. The lowest BCUT2D eigenvalue weighted by Gasteiger charge is -2.00. The summed E-state index contributed by atoms with van der Waals surface area (Å²) in [5.74, 6) is -0.636. The molecule has 2 aromatic rings. The van der Waals surface area contributed by atoms with E-state index in [1.165, 1.54) is 29.1 Å². The fourth-order valence-corrected chi connectivity index (χ4v) is 1.83. The maximum atomic E-state index is 11.0. The molecule has 0 spiro atoms. The van der Waals surface area contributed by atoms with Crippen LogP contribution < -0.4 is 10.9 Å². The number of aromatic carboxylic acids is 1. The molecular weight excluding hydrogens is 244 g/mol.